The summed E-state index contributed by atoms with van der Waals surface area (Å²) in [7, 11) is 0. The Balaban J connectivity index is 1.04. The molecule has 0 spiro atoms. The van der Waals surface area contributed by atoms with Gasteiger partial charge in [0, 0.05) is 62.6 Å². The zero-order valence-corrected chi connectivity index (χ0v) is 30.7. The third-order valence-corrected chi connectivity index (χ3v) is 12.9. The predicted octanol–water partition coefficient (Wildman–Crippen LogP) is 13.4. The van der Waals surface area contributed by atoms with Crippen molar-refractivity contribution in [1.82, 2.24) is 10.3 Å². The van der Waals surface area contributed by atoms with Gasteiger partial charge in [-0.3, -0.25) is 4.99 Å². The summed E-state index contributed by atoms with van der Waals surface area (Å²) in [4.78, 5) is 10.6. The Morgan fingerprint density at radius 2 is 1.15 bits per heavy atom. The number of pyridine rings is 1. The average Bonchev–Trinajstić information content (AvgIpc) is 3.83. The van der Waals surface area contributed by atoms with Gasteiger partial charge >= 0.3 is 0 Å². The maximum atomic E-state index is 5.34. The molecule has 54 heavy (non-hydrogen) atoms. The van der Waals surface area contributed by atoms with Gasteiger partial charge in [-0.15, -0.1) is 22.7 Å². The molecule has 0 fully saturated rings. The van der Waals surface area contributed by atoms with E-state index in [1.807, 2.05) is 22.7 Å². The molecule has 3 aromatic heterocycles. The Kier molecular flexibility index (Phi) is 7.29. The average molecular weight is 726 g/mol. The van der Waals surface area contributed by atoms with Crippen LogP contribution in [0.4, 0.5) is 0 Å². The summed E-state index contributed by atoms with van der Waals surface area (Å²) in [6.45, 7) is 0. The first kappa shape index (κ1) is 31.2. The molecule has 0 radical (unpaired) electrons. The van der Waals surface area contributed by atoms with Crippen LogP contribution in [-0.4, -0.2) is 10.7 Å². The first-order valence-corrected chi connectivity index (χ1v) is 19.8. The van der Waals surface area contributed by atoms with Gasteiger partial charge in [-0.05, 0) is 52.6 Å². The number of rotatable bonds is 5. The highest BCUT2D eigenvalue weighted by Gasteiger charge is 2.22. The van der Waals surface area contributed by atoms with Crippen LogP contribution in [0.25, 0.3) is 79.3 Å². The van der Waals surface area contributed by atoms with E-state index in [0.29, 0.717) is 0 Å². The third kappa shape index (κ3) is 5.16. The Hall–Kier alpha value is -6.40. The van der Waals surface area contributed by atoms with Crippen LogP contribution in [0.5, 0.6) is 0 Å². The molecule has 1 atom stereocenters. The molecule has 11 rings (SSSR count). The van der Waals surface area contributed by atoms with Gasteiger partial charge in [0.2, 0.25) is 0 Å². The molecule has 1 aliphatic heterocycles. The molecule has 4 heterocycles. The van der Waals surface area contributed by atoms with Crippen molar-refractivity contribution in [2.24, 2.45) is 4.99 Å². The van der Waals surface area contributed by atoms with Crippen molar-refractivity contribution >= 4 is 85.3 Å². The zero-order valence-electron chi connectivity index (χ0n) is 29.0. The molecule has 254 valence electrons. The first-order chi connectivity index (χ1) is 26.7. The van der Waals surface area contributed by atoms with Crippen LogP contribution in [0.2, 0.25) is 0 Å². The lowest BCUT2D eigenvalue weighted by molar-refractivity contribution is 0.664. The van der Waals surface area contributed by atoms with Crippen molar-refractivity contribution in [3.8, 4) is 22.4 Å². The molecule has 7 aromatic carbocycles. The second-order valence-corrected chi connectivity index (χ2v) is 15.9. The molecule has 1 aliphatic rings. The van der Waals surface area contributed by atoms with Crippen LogP contribution >= 0.6 is 22.7 Å². The number of hydrogen-bond donors (Lipinski definition) is 1. The van der Waals surface area contributed by atoms with E-state index in [0.717, 1.165) is 44.9 Å². The number of thiophene rings is 2. The number of aliphatic imine (C=N–C) groups is 1. The highest BCUT2D eigenvalue weighted by Crippen LogP contribution is 2.44. The van der Waals surface area contributed by atoms with E-state index < -0.39 is 0 Å². The van der Waals surface area contributed by atoms with Gasteiger partial charge in [-0.2, -0.15) is 0 Å². The van der Waals surface area contributed by atoms with E-state index >= 15 is 0 Å². The third-order valence-electron chi connectivity index (χ3n) is 10.5. The van der Waals surface area contributed by atoms with E-state index in [1.165, 1.54) is 56.9 Å². The number of allylic oxidation sites excluding steroid dienone is 1. The molecule has 3 nitrogen and oxygen atoms in total. The van der Waals surface area contributed by atoms with Crippen molar-refractivity contribution in [3.63, 3.8) is 0 Å². The van der Waals surface area contributed by atoms with Gasteiger partial charge in [0.05, 0.1) is 16.9 Å². The van der Waals surface area contributed by atoms with Crippen LogP contribution in [0.3, 0.4) is 0 Å². The fourth-order valence-corrected chi connectivity index (χ4v) is 10.3. The Labute approximate surface area is 320 Å². The number of hydrogen-bond acceptors (Lipinski definition) is 5. The van der Waals surface area contributed by atoms with E-state index in [9.17, 15) is 0 Å². The number of benzene rings is 7. The van der Waals surface area contributed by atoms with Gasteiger partial charge in [0.15, 0.2) is 0 Å². The van der Waals surface area contributed by atoms with Crippen LogP contribution in [0, 0.1) is 0 Å². The smallest absolute Gasteiger partial charge is 0.145 e. The molecule has 0 saturated carbocycles. The Bertz CT molecular complexity index is 3120. The van der Waals surface area contributed by atoms with E-state index in [4.69, 9.17) is 9.98 Å². The van der Waals surface area contributed by atoms with Crippen molar-refractivity contribution < 1.29 is 0 Å². The molecule has 0 aliphatic carbocycles. The lowest BCUT2D eigenvalue weighted by Gasteiger charge is -2.25. The maximum Gasteiger partial charge on any atom is 0.145 e. The van der Waals surface area contributed by atoms with Crippen molar-refractivity contribution in [2.75, 3.05) is 0 Å². The lowest BCUT2D eigenvalue weighted by atomic mass is 9.97. The fourth-order valence-electron chi connectivity index (χ4n) is 7.88. The van der Waals surface area contributed by atoms with Crippen LogP contribution in [0.15, 0.2) is 181 Å². The Morgan fingerprint density at radius 3 is 2.00 bits per heavy atom. The quantitative estimate of drug-likeness (QED) is 0.192. The summed E-state index contributed by atoms with van der Waals surface area (Å²) >= 11 is 3.71. The van der Waals surface area contributed by atoms with E-state index in [1.54, 1.807) is 0 Å². The fraction of sp³-hybridized carbons (Fsp3) is 0.0204. The van der Waals surface area contributed by atoms with Crippen LogP contribution < -0.4 is 5.32 Å². The number of para-hydroxylation sites is 1. The molecular formula is C49H31N3S2. The highest BCUT2D eigenvalue weighted by atomic mass is 32.1. The summed E-state index contributed by atoms with van der Waals surface area (Å²) in [6.07, 6.45) is 1.98. The van der Waals surface area contributed by atoms with Crippen LogP contribution in [0.1, 0.15) is 22.9 Å². The molecule has 0 bridgehead atoms. The molecule has 0 amide bonds. The standard InChI is InChI=1S/C49H31N3S2/c1-3-12-32(13-4-1)46-45-39-28-34(26-27-44(39)54-48(45)38-17-7-9-20-40(38)50-46)42-29-41(51-49(52-42)33-14-5-2-6-15-33)31-24-22-30(23-25-31)35-18-11-19-37-36-16-8-10-21-43(36)53-47(35)37/h1-29,49,51H. The second-order valence-electron chi connectivity index (χ2n) is 13.7. The minimum Gasteiger partial charge on any atom is -0.360 e. The van der Waals surface area contributed by atoms with Crippen molar-refractivity contribution in [2.45, 2.75) is 6.17 Å². The summed E-state index contributed by atoms with van der Waals surface area (Å²) in [5.74, 6) is 0. The predicted molar refractivity (Wildman–Crippen MR) is 232 cm³/mol. The van der Waals surface area contributed by atoms with Gasteiger partial charge in [0.25, 0.3) is 0 Å². The molecule has 10 aromatic rings. The zero-order chi connectivity index (χ0) is 35.6. The summed E-state index contributed by atoms with van der Waals surface area (Å²) in [5.41, 5.74) is 11.0. The monoisotopic (exact) mass is 725 g/mol. The largest absolute Gasteiger partial charge is 0.360 e. The summed E-state index contributed by atoms with van der Waals surface area (Å²) in [6, 6.07) is 60.7. The maximum absolute atomic E-state index is 5.34. The van der Waals surface area contributed by atoms with Gasteiger partial charge in [-0.25, -0.2) is 4.98 Å². The normalized spacial score (nSPS) is 14.5. The van der Waals surface area contributed by atoms with Gasteiger partial charge in [-0.1, -0.05) is 146 Å². The number of fused-ring (bicyclic) bond motifs is 8. The minimum atomic E-state index is -0.228. The number of nitrogens with zero attached hydrogens (tertiary/aromatic N) is 2. The number of aromatic nitrogens is 1. The van der Waals surface area contributed by atoms with Crippen molar-refractivity contribution in [3.05, 3.63) is 193 Å². The van der Waals surface area contributed by atoms with E-state index in [-0.39, 0.29) is 6.17 Å². The van der Waals surface area contributed by atoms with Gasteiger partial charge in [0.1, 0.15) is 6.17 Å². The summed E-state index contributed by atoms with van der Waals surface area (Å²) in [5, 5.41) is 10.00. The van der Waals surface area contributed by atoms with Crippen molar-refractivity contribution in [1.29, 1.82) is 0 Å². The number of nitrogens with one attached hydrogen (secondary N) is 1. The molecule has 5 heteroatoms. The molecular weight excluding hydrogens is 695 g/mol. The molecule has 1 N–H and O–H groups in total. The van der Waals surface area contributed by atoms with Crippen LogP contribution in [-0.2, 0) is 0 Å². The molecule has 0 saturated heterocycles. The minimum absolute atomic E-state index is 0.228. The second kappa shape index (κ2) is 12.6. The SMILES string of the molecule is C1=C(c2ccc(-c3cccc4c3sc3ccccc34)cc2)NC(c2ccccc2)N=C1c1ccc2sc3c4ccccc4nc(-c4ccccc4)c3c2c1. The topological polar surface area (TPSA) is 37.3 Å². The molecule has 1 unspecified atom stereocenters. The highest BCUT2D eigenvalue weighted by molar-refractivity contribution is 7.27. The Morgan fingerprint density at radius 1 is 0.481 bits per heavy atom. The lowest BCUT2D eigenvalue weighted by Crippen LogP contribution is -2.24. The first-order valence-electron chi connectivity index (χ1n) is 18.2. The van der Waals surface area contributed by atoms with Gasteiger partial charge < -0.3 is 5.32 Å². The summed E-state index contributed by atoms with van der Waals surface area (Å²) < 4.78 is 5.16. The van der Waals surface area contributed by atoms with E-state index in [2.05, 4.69) is 181 Å².